The number of hydrogen-bond acceptors (Lipinski definition) is 3. The Bertz CT molecular complexity index is 809. The first-order valence-electron chi connectivity index (χ1n) is 8.01. The number of Topliss-reactive ketones (excluding diaryl/α,β-unsaturated/α-hetero) is 1. The summed E-state index contributed by atoms with van der Waals surface area (Å²) >= 11 is 0. The van der Waals surface area contributed by atoms with Gasteiger partial charge in [-0.1, -0.05) is 36.4 Å². The molecule has 1 saturated heterocycles. The van der Waals surface area contributed by atoms with Crippen LogP contribution in [-0.4, -0.2) is 34.9 Å². The Morgan fingerprint density at radius 1 is 1.08 bits per heavy atom. The molecule has 0 aromatic heterocycles. The maximum absolute atomic E-state index is 12.7. The molecule has 1 aliphatic heterocycles. The molecule has 1 aliphatic rings. The van der Waals surface area contributed by atoms with Gasteiger partial charge in [0.15, 0.2) is 5.78 Å². The van der Waals surface area contributed by atoms with Crippen LogP contribution in [-0.2, 0) is 4.79 Å². The van der Waals surface area contributed by atoms with Crippen molar-refractivity contribution in [2.24, 2.45) is 0 Å². The van der Waals surface area contributed by atoms with Crippen molar-refractivity contribution in [3.63, 3.8) is 0 Å². The van der Waals surface area contributed by atoms with Crippen molar-refractivity contribution >= 4 is 17.4 Å². The standard InChI is InChI=1S/C20H20N2O2/c1-13-5-3-4-6-18(13)15-7-9-16(10-8-15)20(24)22-12-17(21)11-19(22)14(2)23/h3-10,19,21H,11-12H2,1-2H3/t19-/m0/s1. The van der Waals surface area contributed by atoms with Gasteiger partial charge in [0, 0.05) is 17.7 Å². The summed E-state index contributed by atoms with van der Waals surface area (Å²) in [6, 6.07) is 15.1. The number of likely N-dealkylation sites (tertiary alicyclic amines) is 1. The maximum atomic E-state index is 12.7. The third-order valence-electron chi connectivity index (χ3n) is 4.50. The third-order valence-corrected chi connectivity index (χ3v) is 4.50. The monoisotopic (exact) mass is 320 g/mol. The lowest BCUT2D eigenvalue weighted by atomic mass is 9.99. The van der Waals surface area contributed by atoms with E-state index in [0.717, 1.165) is 11.1 Å². The average molecular weight is 320 g/mol. The molecule has 1 fully saturated rings. The van der Waals surface area contributed by atoms with E-state index < -0.39 is 6.04 Å². The van der Waals surface area contributed by atoms with E-state index in [1.807, 2.05) is 24.3 Å². The van der Waals surface area contributed by atoms with Crippen molar-refractivity contribution in [1.82, 2.24) is 4.90 Å². The molecule has 0 unspecified atom stereocenters. The smallest absolute Gasteiger partial charge is 0.254 e. The molecule has 0 bridgehead atoms. The van der Waals surface area contributed by atoms with Crippen molar-refractivity contribution in [3.8, 4) is 11.1 Å². The molecule has 122 valence electrons. The first-order chi connectivity index (χ1) is 11.5. The Labute approximate surface area is 141 Å². The predicted octanol–water partition coefficient (Wildman–Crippen LogP) is 3.49. The number of aryl methyl sites for hydroxylation is 1. The van der Waals surface area contributed by atoms with Crippen LogP contribution < -0.4 is 0 Å². The molecule has 4 heteroatoms. The van der Waals surface area contributed by atoms with Crippen molar-refractivity contribution < 1.29 is 9.59 Å². The molecule has 3 rings (SSSR count). The van der Waals surface area contributed by atoms with Crippen LogP contribution in [0.25, 0.3) is 11.1 Å². The lowest BCUT2D eigenvalue weighted by Crippen LogP contribution is -2.39. The maximum Gasteiger partial charge on any atom is 0.254 e. The molecule has 1 N–H and O–H groups in total. The number of ketones is 1. The van der Waals surface area contributed by atoms with E-state index in [2.05, 4.69) is 19.1 Å². The fraction of sp³-hybridized carbons (Fsp3) is 0.250. The fourth-order valence-corrected chi connectivity index (χ4v) is 3.16. The lowest BCUT2D eigenvalue weighted by molar-refractivity contribution is -0.120. The van der Waals surface area contributed by atoms with Crippen LogP contribution in [0.3, 0.4) is 0 Å². The fourth-order valence-electron chi connectivity index (χ4n) is 3.16. The predicted molar refractivity (Wildman–Crippen MR) is 94.5 cm³/mol. The number of benzene rings is 2. The normalized spacial score (nSPS) is 17.2. The van der Waals surface area contributed by atoms with E-state index in [0.29, 0.717) is 17.7 Å². The van der Waals surface area contributed by atoms with E-state index in [1.165, 1.54) is 17.4 Å². The number of rotatable bonds is 3. The summed E-state index contributed by atoms with van der Waals surface area (Å²) in [6.07, 6.45) is 0.350. The van der Waals surface area contributed by atoms with Gasteiger partial charge >= 0.3 is 0 Å². The van der Waals surface area contributed by atoms with Gasteiger partial charge in [-0.05, 0) is 42.7 Å². The van der Waals surface area contributed by atoms with Gasteiger partial charge in [-0.25, -0.2) is 0 Å². The second-order valence-electron chi connectivity index (χ2n) is 6.26. The minimum atomic E-state index is -0.499. The van der Waals surface area contributed by atoms with Gasteiger partial charge in [-0.15, -0.1) is 0 Å². The second-order valence-corrected chi connectivity index (χ2v) is 6.26. The molecule has 1 atom stereocenters. The Balaban J connectivity index is 1.86. The van der Waals surface area contributed by atoms with Gasteiger partial charge in [-0.3, -0.25) is 9.59 Å². The van der Waals surface area contributed by atoms with Crippen LogP contribution in [0, 0.1) is 12.3 Å². The number of hydrogen-bond donors (Lipinski definition) is 1. The zero-order valence-corrected chi connectivity index (χ0v) is 13.9. The van der Waals surface area contributed by atoms with Gasteiger partial charge in [0.1, 0.15) is 0 Å². The van der Waals surface area contributed by atoms with Crippen LogP contribution in [0.5, 0.6) is 0 Å². The molecule has 4 nitrogen and oxygen atoms in total. The molecule has 0 aliphatic carbocycles. The third kappa shape index (κ3) is 3.00. The highest BCUT2D eigenvalue weighted by molar-refractivity contribution is 6.04. The quantitative estimate of drug-likeness (QED) is 0.941. The van der Waals surface area contributed by atoms with Crippen LogP contribution in [0.1, 0.15) is 29.3 Å². The van der Waals surface area contributed by atoms with Crippen molar-refractivity contribution in [1.29, 1.82) is 5.41 Å². The molecule has 1 amide bonds. The molecule has 0 saturated carbocycles. The number of nitrogens with zero attached hydrogens (tertiary/aromatic N) is 1. The van der Waals surface area contributed by atoms with E-state index >= 15 is 0 Å². The van der Waals surface area contributed by atoms with Gasteiger partial charge in [0.25, 0.3) is 5.91 Å². The highest BCUT2D eigenvalue weighted by Crippen LogP contribution is 2.25. The van der Waals surface area contributed by atoms with Crippen molar-refractivity contribution in [2.75, 3.05) is 6.54 Å². The number of amides is 1. The van der Waals surface area contributed by atoms with E-state index in [-0.39, 0.29) is 18.2 Å². The van der Waals surface area contributed by atoms with Gasteiger partial charge in [0.05, 0.1) is 12.6 Å². The summed E-state index contributed by atoms with van der Waals surface area (Å²) in [5.74, 6) is -0.254. The Morgan fingerprint density at radius 2 is 1.75 bits per heavy atom. The van der Waals surface area contributed by atoms with Crippen LogP contribution in [0.2, 0.25) is 0 Å². The van der Waals surface area contributed by atoms with Crippen molar-refractivity contribution in [2.45, 2.75) is 26.3 Å². The van der Waals surface area contributed by atoms with Crippen LogP contribution >= 0.6 is 0 Å². The Kier molecular flexibility index (Phi) is 4.30. The molecular formula is C20H20N2O2. The Hall–Kier alpha value is -2.75. The minimum absolute atomic E-state index is 0.0675. The summed E-state index contributed by atoms with van der Waals surface area (Å²) in [5, 5.41) is 7.78. The molecule has 0 radical (unpaired) electrons. The Morgan fingerprint density at radius 3 is 2.38 bits per heavy atom. The van der Waals surface area contributed by atoms with Gasteiger partial charge < -0.3 is 10.3 Å². The molecular weight excluding hydrogens is 300 g/mol. The van der Waals surface area contributed by atoms with Gasteiger partial charge in [-0.2, -0.15) is 0 Å². The molecule has 1 heterocycles. The van der Waals surface area contributed by atoms with Crippen LogP contribution in [0.15, 0.2) is 48.5 Å². The van der Waals surface area contributed by atoms with Crippen molar-refractivity contribution in [3.05, 3.63) is 59.7 Å². The molecule has 0 spiro atoms. The van der Waals surface area contributed by atoms with E-state index in [9.17, 15) is 9.59 Å². The van der Waals surface area contributed by atoms with E-state index in [4.69, 9.17) is 5.41 Å². The summed E-state index contributed by atoms with van der Waals surface area (Å²) in [4.78, 5) is 25.9. The minimum Gasteiger partial charge on any atom is -0.323 e. The SMILES string of the molecule is CC(=O)[C@@H]1CC(=N)CN1C(=O)c1ccc(-c2ccccc2C)cc1. The highest BCUT2D eigenvalue weighted by atomic mass is 16.2. The first kappa shape index (κ1) is 16.1. The average Bonchev–Trinajstić information content (AvgIpc) is 2.97. The summed E-state index contributed by atoms with van der Waals surface area (Å²) in [5.41, 5.74) is 4.36. The largest absolute Gasteiger partial charge is 0.323 e. The summed E-state index contributed by atoms with van der Waals surface area (Å²) < 4.78 is 0. The zero-order chi connectivity index (χ0) is 17.3. The highest BCUT2D eigenvalue weighted by Gasteiger charge is 2.35. The first-order valence-corrected chi connectivity index (χ1v) is 8.01. The summed E-state index contributed by atoms with van der Waals surface area (Å²) in [7, 11) is 0. The molecule has 2 aromatic rings. The number of nitrogens with one attached hydrogen (secondary N) is 1. The summed E-state index contributed by atoms with van der Waals surface area (Å²) in [6.45, 7) is 3.77. The second kappa shape index (κ2) is 6.40. The lowest BCUT2D eigenvalue weighted by Gasteiger charge is -2.22. The molecule has 2 aromatic carbocycles. The number of carbonyl (C=O) groups excluding carboxylic acids is 2. The van der Waals surface area contributed by atoms with Gasteiger partial charge in [0.2, 0.25) is 0 Å². The van der Waals surface area contributed by atoms with Crippen LogP contribution in [0.4, 0.5) is 0 Å². The molecule has 24 heavy (non-hydrogen) atoms. The zero-order valence-electron chi connectivity index (χ0n) is 13.9. The van der Waals surface area contributed by atoms with E-state index in [1.54, 1.807) is 12.1 Å². The number of carbonyl (C=O) groups is 2. The topological polar surface area (TPSA) is 61.2 Å².